The molecule has 0 radical (unpaired) electrons. The van der Waals surface area contributed by atoms with Crippen molar-refractivity contribution in [2.24, 2.45) is 11.7 Å². The highest BCUT2D eigenvalue weighted by Crippen LogP contribution is 2.29. The van der Waals surface area contributed by atoms with Crippen LogP contribution in [0, 0.1) is 5.92 Å². The molecule has 100 valence electrons. The first-order valence-electron chi connectivity index (χ1n) is 7.12. The Bertz CT molecular complexity index is 350. The number of likely N-dealkylation sites (tertiary alicyclic amines) is 1. The number of piperidine rings is 1. The second-order valence-corrected chi connectivity index (χ2v) is 5.50. The van der Waals surface area contributed by atoms with Gasteiger partial charge in [0, 0.05) is 31.0 Å². The maximum Gasteiger partial charge on any atom is 0.0497 e. The molecule has 0 spiro atoms. The van der Waals surface area contributed by atoms with E-state index in [0.29, 0.717) is 6.04 Å². The molecule has 1 aliphatic heterocycles. The van der Waals surface area contributed by atoms with Crippen LogP contribution in [0.4, 0.5) is 0 Å². The van der Waals surface area contributed by atoms with Crippen molar-refractivity contribution in [3.05, 3.63) is 30.1 Å². The van der Waals surface area contributed by atoms with Crippen molar-refractivity contribution in [2.75, 3.05) is 13.1 Å². The molecule has 3 unspecified atom stereocenters. The highest BCUT2D eigenvalue weighted by molar-refractivity contribution is 5.17. The number of nitrogens with two attached hydrogens (primary N) is 1. The van der Waals surface area contributed by atoms with Gasteiger partial charge in [0.2, 0.25) is 0 Å². The number of pyridine rings is 1. The molecule has 3 nitrogen and oxygen atoms in total. The van der Waals surface area contributed by atoms with Crippen molar-refractivity contribution in [1.29, 1.82) is 0 Å². The molecule has 18 heavy (non-hydrogen) atoms. The van der Waals surface area contributed by atoms with E-state index in [1.54, 1.807) is 0 Å². The van der Waals surface area contributed by atoms with Gasteiger partial charge in [-0.15, -0.1) is 0 Å². The van der Waals surface area contributed by atoms with E-state index in [2.05, 4.69) is 35.9 Å². The third-order valence-electron chi connectivity index (χ3n) is 4.07. The number of hydrogen-bond acceptors (Lipinski definition) is 3. The predicted octanol–water partition coefficient (Wildman–Crippen LogP) is 2.59. The lowest BCUT2D eigenvalue weighted by molar-refractivity contribution is 0.108. The first kappa shape index (κ1) is 13.5. The highest BCUT2D eigenvalue weighted by atomic mass is 15.2. The number of hydrogen-bond donors (Lipinski definition) is 1. The zero-order chi connectivity index (χ0) is 13.0. The maximum atomic E-state index is 6.22. The van der Waals surface area contributed by atoms with Gasteiger partial charge in [-0.25, -0.2) is 0 Å². The van der Waals surface area contributed by atoms with Crippen LogP contribution in [0.3, 0.4) is 0 Å². The Morgan fingerprint density at radius 3 is 2.78 bits per heavy atom. The molecule has 2 heterocycles. The van der Waals surface area contributed by atoms with E-state index in [4.69, 9.17) is 5.73 Å². The molecule has 1 aromatic rings. The van der Waals surface area contributed by atoms with Gasteiger partial charge in [0.15, 0.2) is 0 Å². The van der Waals surface area contributed by atoms with Gasteiger partial charge in [0.1, 0.15) is 0 Å². The molecule has 0 amide bonds. The third-order valence-corrected chi connectivity index (χ3v) is 4.07. The van der Waals surface area contributed by atoms with E-state index in [0.717, 1.165) is 5.92 Å². The van der Waals surface area contributed by atoms with Gasteiger partial charge < -0.3 is 5.73 Å². The Kier molecular flexibility index (Phi) is 4.72. The van der Waals surface area contributed by atoms with Crippen LogP contribution in [0.2, 0.25) is 0 Å². The van der Waals surface area contributed by atoms with E-state index >= 15 is 0 Å². The van der Waals surface area contributed by atoms with Crippen LogP contribution >= 0.6 is 0 Å². The summed E-state index contributed by atoms with van der Waals surface area (Å²) in [6.07, 6.45) is 7.68. The summed E-state index contributed by atoms with van der Waals surface area (Å²) in [6, 6.07) is 4.69. The van der Waals surface area contributed by atoms with Crippen molar-refractivity contribution in [1.82, 2.24) is 9.88 Å². The molecular weight excluding hydrogens is 222 g/mol. The van der Waals surface area contributed by atoms with E-state index < -0.39 is 0 Å². The zero-order valence-electron chi connectivity index (χ0n) is 11.5. The maximum absolute atomic E-state index is 6.22. The summed E-state index contributed by atoms with van der Waals surface area (Å²) in [5.41, 5.74) is 7.53. The fraction of sp³-hybridized carbons (Fsp3) is 0.667. The van der Waals surface area contributed by atoms with Crippen molar-refractivity contribution in [3.8, 4) is 0 Å². The first-order chi connectivity index (χ1) is 8.72. The van der Waals surface area contributed by atoms with Crippen molar-refractivity contribution >= 4 is 0 Å². The summed E-state index contributed by atoms with van der Waals surface area (Å²) < 4.78 is 0. The minimum atomic E-state index is 0.156. The molecule has 0 aliphatic carbocycles. The fourth-order valence-electron chi connectivity index (χ4n) is 3.09. The van der Waals surface area contributed by atoms with Crippen molar-refractivity contribution < 1.29 is 0 Å². The minimum absolute atomic E-state index is 0.156. The van der Waals surface area contributed by atoms with Crippen LogP contribution in [0.25, 0.3) is 0 Å². The predicted molar refractivity (Wildman–Crippen MR) is 75.2 cm³/mol. The molecule has 0 aromatic carbocycles. The minimum Gasteiger partial charge on any atom is -0.326 e. The Balaban J connectivity index is 2.15. The van der Waals surface area contributed by atoms with Crippen LogP contribution in [0.5, 0.6) is 0 Å². The summed E-state index contributed by atoms with van der Waals surface area (Å²) in [5.74, 6) is 0.835. The summed E-state index contributed by atoms with van der Waals surface area (Å²) in [7, 11) is 0. The second-order valence-electron chi connectivity index (χ2n) is 5.50. The lowest BCUT2D eigenvalue weighted by atomic mass is 9.91. The van der Waals surface area contributed by atoms with E-state index in [1.165, 1.54) is 37.9 Å². The molecule has 3 heteroatoms. The fourth-order valence-corrected chi connectivity index (χ4v) is 3.09. The molecule has 3 atom stereocenters. The van der Waals surface area contributed by atoms with E-state index in [-0.39, 0.29) is 6.04 Å². The summed E-state index contributed by atoms with van der Waals surface area (Å²) >= 11 is 0. The number of aromatic nitrogens is 1. The van der Waals surface area contributed by atoms with Crippen LogP contribution < -0.4 is 5.73 Å². The van der Waals surface area contributed by atoms with Gasteiger partial charge >= 0.3 is 0 Å². The smallest absolute Gasteiger partial charge is 0.0497 e. The van der Waals surface area contributed by atoms with Crippen LogP contribution in [-0.4, -0.2) is 29.0 Å². The second kappa shape index (κ2) is 6.30. The molecule has 1 aliphatic rings. The highest BCUT2D eigenvalue weighted by Gasteiger charge is 2.28. The SMILES string of the molecule is CCC1CCCN(C(c2ccncc2)C(C)N)C1. The number of rotatable bonds is 4. The Labute approximate surface area is 110 Å². The molecule has 1 aromatic heterocycles. The average molecular weight is 247 g/mol. The topological polar surface area (TPSA) is 42.2 Å². The summed E-state index contributed by atoms with van der Waals surface area (Å²) in [4.78, 5) is 6.67. The lowest BCUT2D eigenvalue weighted by Gasteiger charge is -2.40. The number of nitrogens with zero attached hydrogens (tertiary/aromatic N) is 2. The molecule has 0 bridgehead atoms. The standard InChI is InChI=1S/C15H25N3/c1-3-13-5-4-10-18(11-13)15(12(2)16)14-6-8-17-9-7-14/h6-9,12-13,15H,3-5,10-11,16H2,1-2H3. The van der Waals surface area contributed by atoms with Crippen LogP contribution in [0.15, 0.2) is 24.5 Å². The molecule has 2 rings (SSSR count). The molecule has 1 saturated heterocycles. The molecular formula is C15H25N3. The van der Waals surface area contributed by atoms with Crippen molar-refractivity contribution in [2.45, 2.75) is 45.2 Å². The molecule has 0 saturated carbocycles. The quantitative estimate of drug-likeness (QED) is 0.889. The van der Waals surface area contributed by atoms with Gasteiger partial charge in [0.05, 0.1) is 0 Å². The Morgan fingerprint density at radius 2 is 2.17 bits per heavy atom. The summed E-state index contributed by atoms with van der Waals surface area (Å²) in [5, 5.41) is 0. The first-order valence-corrected chi connectivity index (χ1v) is 7.12. The normalized spacial score (nSPS) is 24.7. The third kappa shape index (κ3) is 3.09. The lowest BCUT2D eigenvalue weighted by Crippen LogP contribution is -2.44. The summed E-state index contributed by atoms with van der Waals surface area (Å²) in [6.45, 7) is 6.76. The van der Waals surface area contributed by atoms with Gasteiger partial charge in [0.25, 0.3) is 0 Å². The van der Waals surface area contributed by atoms with Gasteiger partial charge in [-0.3, -0.25) is 9.88 Å². The van der Waals surface area contributed by atoms with Crippen molar-refractivity contribution in [3.63, 3.8) is 0 Å². The largest absolute Gasteiger partial charge is 0.326 e. The monoisotopic (exact) mass is 247 g/mol. The van der Waals surface area contributed by atoms with E-state index in [9.17, 15) is 0 Å². The molecule has 2 N–H and O–H groups in total. The Morgan fingerprint density at radius 1 is 1.44 bits per heavy atom. The van der Waals surface area contributed by atoms with E-state index in [1.807, 2.05) is 12.4 Å². The van der Waals surface area contributed by atoms with Crippen LogP contribution in [-0.2, 0) is 0 Å². The van der Waals surface area contributed by atoms with Gasteiger partial charge in [-0.2, -0.15) is 0 Å². The molecule has 1 fully saturated rings. The van der Waals surface area contributed by atoms with Gasteiger partial charge in [-0.05, 0) is 49.9 Å². The average Bonchev–Trinajstić information content (AvgIpc) is 2.40. The van der Waals surface area contributed by atoms with Gasteiger partial charge in [-0.1, -0.05) is 13.3 Å². The zero-order valence-corrected chi connectivity index (χ0v) is 11.5. The van der Waals surface area contributed by atoms with Crippen LogP contribution in [0.1, 0.15) is 44.7 Å². The Hall–Kier alpha value is -0.930.